The normalized spacial score (nSPS) is 31.2. The van der Waals surface area contributed by atoms with E-state index in [0.29, 0.717) is 0 Å². The molecular weight excluding hydrogens is 335 g/mol. The number of rotatable bonds is 5. The average Bonchev–Trinajstić information content (AvgIpc) is 2.70. The number of nitrogens with one attached hydrogen (secondary N) is 1. The highest BCUT2D eigenvalue weighted by Gasteiger charge is 2.55. The molecule has 23 heavy (non-hydrogen) atoms. The molecule has 1 aromatic heterocycles. The Morgan fingerprint density at radius 3 is 2.65 bits per heavy atom. The van der Waals surface area contributed by atoms with Crippen LogP contribution in [-0.4, -0.2) is 53.9 Å². The summed E-state index contributed by atoms with van der Waals surface area (Å²) < 4.78 is 21.9. The van der Waals surface area contributed by atoms with E-state index >= 15 is 0 Å². The van der Waals surface area contributed by atoms with Crippen molar-refractivity contribution in [2.75, 3.05) is 6.35 Å². The molecule has 1 saturated heterocycles. The average molecular weight is 350 g/mol. The van der Waals surface area contributed by atoms with Gasteiger partial charge in [-0.3, -0.25) is 18.9 Å². The zero-order chi connectivity index (χ0) is 17.4. The Hall–Kier alpha value is -1.59. The Balaban J connectivity index is 2.35. The van der Waals surface area contributed by atoms with E-state index in [0.717, 1.165) is 22.9 Å². The second kappa shape index (κ2) is 6.13. The molecule has 1 aliphatic heterocycles. The first-order chi connectivity index (χ1) is 10.6. The molecule has 12 heteroatoms. The first kappa shape index (κ1) is 17.8. The van der Waals surface area contributed by atoms with Gasteiger partial charge < -0.3 is 29.5 Å². The lowest BCUT2D eigenvalue weighted by Crippen LogP contribution is -2.44. The summed E-state index contributed by atoms with van der Waals surface area (Å²) in [4.78, 5) is 42.4. The van der Waals surface area contributed by atoms with Crippen molar-refractivity contribution in [1.82, 2.24) is 9.55 Å². The van der Waals surface area contributed by atoms with E-state index in [4.69, 9.17) is 19.3 Å². The largest absolute Gasteiger partial charge is 0.385 e. The minimum atomic E-state index is -4.59. The van der Waals surface area contributed by atoms with Gasteiger partial charge in [-0.1, -0.05) is 6.58 Å². The molecule has 0 saturated carbocycles. The summed E-state index contributed by atoms with van der Waals surface area (Å²) in [7, 11) is -4.59. The zero-order valence-electron chi connectivity index (χ0n) is 11.6. The van der Waals surface area contributed by atoms with E-state index in [9.17, 15) is 24.4 Å². The third-order valence-electron chi connectivity index (χ3n) is 3.20. The molecule has 0 aliphatic carbocycles. The number of aliphatic hydroxyl groups is 2. The maximum atomic E-state index is 11.7. The van der Waals surface area contributed by atoms with Crippen LogP contribution in [0.3, 0.4) is 0 Å². The molecule has 0 aromatic carbocycles. The van der Waals surface area contributed by atoms with Crippen LogP contribution in [-0.2, 0) is 14.0 Å². The summed E-state index contributed by atoms with van der Waals surface area (Å²) in [5.41, 5.74) is -1.59. The molecule has 5 N–H and O–H groups in total. The highest BCUT2D eigenvalue weighted by molar-refractivity contribution is 7.51. The lowest BCUT2D eigenvalue weighted by molar-refractivity contribution is -0.228. The fourth-order valence-corrected chi connectivity index (χ4v) is 2.47. The van der Waals surface area contributed by atoms with Gasteiger partial charge in [-0.25, -0.2) is 4.79 Å². The van der Waals surface area contributed by atoms with E-state index in [-0.39, 0.29) is 0 Å². The topological polar surface area (TPSA) is 171 Å². The molecule has 0 unspecified atom stereocenters. The molecule has 4 atom stereocenters. The van der Waals surface area contributed by atoms with E-state index in [1.807, 2.05) is 4.98 Å². The second-order valence-corrected chi connectivity index (χ2v) is 6.41. The Kier molecular flexibility index (Phi) is 4.74. The number of aliphatic hydroxyl groups excluding tert-OH is 2. The fraction of sp³-hybridized carbons (Fsp3) is 0.455. The summed E-state index contributed by atoms with van der Waals surface area (Å²) in [6.07, 6.45) is -4.10. The van der Waals surface area contributed by atoms with Gasteiger partial charge in [0.25, 0.3) is 5.56 Å². The fourth-order valence-electron chi connectivity index (χ4n) is 2.10. The van der Waals surface area contributed by atoms with E-state index in [1.54, 1.807) is 0 Å². The van der Waals surface area contributed by atoms with Gasteiger partial charge in [0.05, 0.1) is 0 Å². The van der Waals surface area contributed by atoms with Gasteiger partial charge in [0.1, 0.15) is 12.2 Å². The second-order valence-electron chi connectivity index (χ2n) is 4.82. The smallest absolute Gasteiger partial charge is 0.351 e. The summed E-state index contributed by atoms with van der Waals surface area (Å²) in [5, 5.41) is 20.1. The van der Waals surface area contributed by atoms with Crippen LogP contribution in [0.25, 0.3) is 0 Å². The summed E-state index contributed by atoms with van der Waals surface area (Å²) in [5.74, 6) is -2.14. The zero-order valence-corrected chi connectivity index (χ0v) is 12.5. The third kappa shape index (κ3) is 3.51. The van der Waals surface area contributed by atoms with Crippen LogP contribution < -0.4 is 11.2 Å². The van der Waals surface area contributed by atoms with Gasteiger partial charge in [-0.2, -0.15) is 0 Å². The van der Waals surface area contributed by atoms with E-state index in [1.165, 1.54) is 0 Å². The molecule has 1 aromatic rings. The number of hydrogen-bond acceptors (Lipinski definition) is 7. The van der Waals surface area contributed by atoms with Crippen LogP contribution in [0.15, 0.2) is 34.5 Å². The van der Waals surface area contributed by atoms with Gasteiger partial charge in [-0.15, -0.1) is 0 Å². The maximum Gasteiger partial charge on any atom is 0.351 e. The molecule has 2 rings (SSSR count). The molecule has 0 bridgehead atoms. The molecule has 11 nitrogen and oxygen atoms in total. The summed E-state index contributed by atoms with van der Waals surface area (Å²) in [6.45, 7) is 3.35. The van der Waals surface area contributed by atoms with Crippen LogP contribution in [0.2, 0.25) is 0 Å². The highest BCUT2D eigenvalue weighted by atomic mass is 31.2. The Morgan fingerprint density at radius 2 is 2.13 bits per heavy atom. The van der Waals surface area contributed by atoms with Crippen LogP contribution >= 0.6 is 7.60 Å². The molecule has 0 radical (unpaired) electrons. The molecule has 2 heterocycles. The molecule has 1 fully saturated rings. The standard InChI is InChI=1S/C11H15N2O9P/c1-2-11(21-5-23(18,19)20)8(16)7(15)9(22-11)13-4-3-6(14)12-10(13)17/h2-4,7-9,15-16H,1,5H2,(H,12,14,17)(H2,18,19,20)/t7-,8+,9-,11+/m1/s1. The quantitative estimate of drug-likeness (QED) is 0.292. The minimum absolute atomic E-state index is 0.674. The molecule has 0 amide bonds. The third-order valence-corrected chi connectivity index (χ3v) is 3.67. The van der Waals surface area contributed by atoms with Crippen molar-refractivity contribution in [1.29, 1.82) is 0 Å². The monoisotopic (exact) mass is 350 g/mol. The molecule has 128 valence electrons. The van der Waals surface area contributed by atoms with E-state index in [2.05, 4.69) is 6.58 Å². The van der Waals surface area contributed by atoms with Gasteiger partial charge >= 0.3 is 13.3 Å². The van der Waals surface area contributed by atoms with Gasteiger partial charge in [0.15, 0.2) is 12.6 Å². The van der Waals surface area contributed by atoms with Crippen LogP contribution in [0.5, 0.6) is 0 Å². The molecular formula is C11H15N2O9P. The number of hydrogen-bond donors (Lipinski definition) is 5. The number of nitrogens with zero attached hydrogens (tertiary/aromatic N) is 1. The first-order valence-electron chi connectivity index (χ1n) is 6.27. The predicted molar refractivity (Wildman–Crippen MR) is 74.4 cm³/mol. The lowest BCUT2D eigenvalue weighted by Gasteiger charge is -2.28. The van der Waals surface area contributed by atoms with Crippen molar-refractivity contribution in [3.8, 4) is 0 Å². The van der Waals surface area contributed by atoms with Gasteiger partial charge in [0, 0.05) is 12.3 Å². The summed E-state index contributed by atoms with van der Waals surface area (Å²) >= 11 is 0. The van der Waals surface area contributed by atoms with Crippen molar-refractivity contribution < 1.29 is 34.0 Å². The van der Waals surface area contributed by atoms with E-state index < -0.39 is 49.4 Å². The van der Waals surface area contributed by atoms with Crippen LogP contribution in [0.1, 0.15) is 6.23 Å². The summed E-state index contributed by atoms with van der Waals surface area (Å²) in [6, 6.07) is 0.994. The Morgan fingerprint density at radius 1 is 1.48 bits per heavy atom. The number of aromatic nitrogens is 2. The van der Waals surface area contributed by atoms with Crippen molar-refractivity contribution in [2.24, 2.45) is 0 Å². The lowest BCUT2D eigenvalue weighted by atomic mass is 10.1. The first-order valence-corrected chi connectivity index (χ1v) is 8.07. The Bertz CT molecular complexity index is 752. The predicted octanol–water partition coefficient (Wildman–Crippen LogP) is -2.18. The number of H-pyrrole nitrogens is 1. The van der Waals surface area contributed by atoms with Gasteiger partial charge in [-0.05, 0) is 6.08 Å². The van der Waals surface area contributed by atoms with Gasteiger partial charge in [0.2, 0.25) is 5.79 Å². The molecule has 0 spiro atoms. The number of aromatic amines is 1. The minimum Gasteiger partial charge on any atom is -0.385 e. The highest BCUT2D eigenvalue weighted by Crippen LogP contribution is 2.42. The van der Waals surface area contributed by atoms with Crippen molar-refractivity contribution in [3.05, 3.63) is 45.8 Å². The number of ether oxygens (including phenoxy) is 2. The maximum absolute atomic E-state index is 11.7. The van der Waals surface area contributed by atoms with Crippen LogP contribution in [0, 0.1) is 0 Å². The Labute approximate surface area is 128 Å². The SMILES string of the molecule is C=C[C@]1(OCP(=O)(O)O)O[C@@H](n2ccc(=O)[nH]c2=O)[C@H](O)[C@@H]1O. The van der Waals surface area contributed by atoms with Crippen molar-refractivity contribution >= 4 is 7.60 Å². The molecule has 1 aliphatic rings. The van der Waals surface area contributed by atoms with Crippen LogP contribution in [0.4, 0.5) is 0 Å². The van der Waals surface area contributed by atoms with Crippen molar-refractivity contribution in [3.63, 3.8) is 0 Å². The van der Waals surface area contributed by atoms with Crippen molar-refractivity contribution in [2.45, 2.75) is 24.2 Å².